The van der Waals surface area contributed by atoms with Crippen molar-refractivity contribution in [1.29, 1.82) is 0 Å². The molecule has 1 aliphatic heterocycles. The van der Waals surface area contributed by atoms with E-state index in [2.05, 4.69) is 18.8 Å². The molecule has 1 aromatic carbocycles. The van der Waals surface area contributed by atoms with E-state index in [-0.39, 0.29) is 12.6 Å². The molecule has 0 spiro atoms. The van der Waals surface area contributed by atoms with E-state index in [0.29, 0.717) is 18.2 Å². The number of hydrogen-bond acceptors (Lipinski definition) is 4. The number of benzene rings is 1. The zero-order valence-corrected chi connectivity index (χ0v) is 11.6. The van der Waals surface area contributed by atoms with E-state index >= 15 is 0 Å². The number of aliphatic imine (C=N–C) groups is 1. The number of methoxy groups -OCH3 is 1. The van der Waals surface area contributed by atoms with Crippen LogP contribution in [0.1, 0.15) is 25.8 Å². The molecule has 1 unspecified atom stereocenters. The molecule has 1 aliphatic rings. The molecule has 0 fully saturated rings. The molecular weight excluding hydrogens is 242 g/mol. The Kier molecular flexibility index (Phi) is 3.88. The van der Waals surface area contributed by atoms with Crippen molar-refractivity contribution in [3.8, 4) is 0 Å². The first-order valence-corrected chi connectivity index (χ1v) is 6.44. The Hall–Kier alpha value is -1.84. The molecule has 0 aromatic heterocycles. The predicted octanol–water partition coefficient (Wildman–Crippen LogP) is 2.42. The number of carbonyl (C=O) groups is 1. The van der Waals surface area contributed by atoms with E-state index in [9.17, 15) is 4.79 Å². The van der Waals surface area contributed by atoms with E-state index in [1.54, 1.807) is 0 Å². The normalized spacial score (nSPS) is 22.0. The number of hydrogen-bond donors (Lipinski definition) is 0. The fraction of sp³-hybridized carbons (Fsp3) is 0.467. The Morgan fingerprint density at radius 3 is 2.68 bits per heavy atom. The summed E-state index contributed by atoms with van der Waals surface area (Å²) in [7, 11) is 1.39. The van der Waals surface area contributed by atoms with Gasteiger partial charge in [-0.3, -0.25) is 0 Å². The molecule has 0 bridgehead atoms. The lowest BCUT2D eigenvalue weighted by atomic mass is 9.90. The van der Waals surface area contributed by atoms with Gasteiger partial charge in [0.15, 0.2) is 5.54 Å². The first-order chi connectivity index (χ1) is 9.07. The molecule has 0 radical (unpaired) electrons. The highest BCUT2D eigenvalue weighted by molar-refractivity contribution is 5.99. The van der Waals surface area contributed by atoms with Crippen molar-refractivity contribution < 1.29 is 14.3 Å². The third kappa shape index (κ3) is 2.78. The van der Waals surface area contributed by atoms with Crippen LogP contribution < -0.4 is 0 Å². The summed E-state index contributed by atoms with van der Waals surface area (Å²) in [5, 5.41) is 0. The summed E-state index contributed by atoms with van der Waals surface area (Å²) >= 11 is 0. The zero-order valence-electron chi connectivity index (χ0n) is 11.6. The summed E-state index contributed by atoms with van der Waals surface area (Å²) in [5.74, 6) is 0.528. The number of nitrogens with zero attached hydrogens (tertiary/aromatic N) is 1. The van der Waals surface area contributed by atoms with Gasteiger partial charge in [-0.1, -0.05) is 32.0 Å². The van der Waals surface area contributed by atoms with Crippen LogP contribution in [0.5, 0.6) is 0 Å². The molecule has 1 atom stereocenters. The Morgan fingerprint density at radius 2 is 2.11 bits per heavy atom. The lowest BCUT2D eigenvalue weighted by Gasteiger charge is -2.22. The second-order valence-electron chi connectivity index (χ2n) is 5.19. The molecule has 19 heavy (non-hydrogen) atoms. The topological polar surface area (TPSA) is 47.9 Å². The molecule has 0 N–H and O–H groups in total. The van der Waals surface area contributed by atoms with Gasteiger partial charge in [0, 0.05) is 5.56 Å². The van der Waals surface area contributed by atoms with Crippen LogP contribution in [-0.4, -0.2) is 31.1 Å². The monoisotopic (exact) mass is 261 g/mol. The molecule has 1 heterocycles. The van der Waals surface area contributed by atoms with Crippen LogP contribution in [-0.2, 0) is 14.3 Å². The fourth-order valence-corrected chi connectivity index (χ4v) is 2.33. The van der Waals surface area contributed by atoms with Gasteiger partial charge in [0.2, 0.25) is 5.90 Å². The van der Waals surface area contributed by atoms with Crippen molar-refractivity contribution in [3.05, 3.63) is 35.9 Å². The first-order valence-electron chi connectivity index (χ1n) is 6.44. The van der Waals surface area contributed by atoms with Crippen LogP contribution in [0.4, 0.5) is 0 Å². The van der Waals surface area contributed by atoms with Gasteiger partial charge in [-0.15, -0.1) is 0 Å². The Balaban J connectivity index is 2.32. The second-order valence-corrected chi connectivity index (χ2v) is 5.19. The minimum Gasteiger partial charge on any atom is -0.474 e. The van der Waals surface area contributed by atoms with Gasteiger partial charge in [0.25, 0.3) is 0 Å². The maximum atomic E-state index is 12.0. The number of esters is 1. The van der Waals surface area contributed by atoms with E-state index < -0.39 is 5.54 Å². The summed E-state index contributed by atoms with van der Waals surface area (Å²) in [6.45, 7) is 4.36. The van der Waals surface area contributed by atoms with Gasteiger partial charge >= 0.3 is 5.97 Å². The van der Waals surface area contributed by atoms with Gasteiger partial charge < -0.3 is 9.47 Å². The standard InChI is InChI=1S/C15H19NO3/c1-11(2)9-15(14(17)18-3)10-19-13(16-15)12-7-5-4-6-8-12/h4-8,11H,9-10H2,1-3H3. The fourth-order valence-electron chi connectivity index (χ4n) is 2.33. The zero-order chi connectivity index (χ0) is 13.9. The van der Waals surface area contributed by atoms with Crippen LogP contribution in [0.3, 0.4) is 0 Å². The summed E-state index contributed by atoms with van der Waals surface area (Å²) < 4.78 is 10.5. The van der Waals surface area contributed by atoms with Crippen LogP contribution in [0.2, 0.25) is 0 Å². The lowest BCUT2D eigenvalue weighted by molar-refractivity contribution is -0.148. The van der Waals surface area contributed by atoms with Crippen molar-refractivity contribution in [3.63, 3.8) is 0 Å². The third-order valence-corrected chi connectivity index (χ3v) is 3.10. The first kappa shape index (κ1) is 13.6. The van der Waals surface area contributed by atoms with Crippen LogP contribution >= 0.6 is 0 Å². The van der Waals surface area contributed by atoms with Crippen LogP contribution in [0.15, 0.2) is 35.3 Å². The van der Waals surface area contributed by atoms with Crippen molar-refractivity contribution >= 4 is 11.9 Å². The molecular formula is C15H19NO3. The summed E-state index contributed by atoms with van der Waals surface area (Å²) in [6.07, 6.45) is 0.621. The van der Waals surface area contributed by atoms with Gasteiger partial charge in [0.05, 0.1) is 7.11 Å². The molecule has 0 amide bonds. The van der Waals surface area contributed by atoms with Crippen LogP contribution in [0, 0.1) is 5.92 Å². The smallest absolute Gasteiger partial charge is 0.337 e. The Labute approximate surface area is 113 Å². The van der Waals surface area contributed by atoms with Gasteiger partial charge in [-0.05, 0) is 24.5 Å². The van der Waals surface area contributed by atoms with Crippen molar-refractivity contribution in [2.45, 2.75) is 25.8 Å². The number of ether oxygens (including phenoxy) is 2. The average Bonchev–Trinajstić information content (AvgIpc) is 2.83. The Bertz CT molecular complexity index is 481. The average molecular weight is 261 g/mol. The highest BCUT2D eigenvalue weighted by Gasteiger charge is 2.45. The number of carbonyl (C=O) groups excluding carboxylic acids is 1. The Morgan fingerprint density at radius 1 is 1.42 bits per heavy atom. The van der Waals surface area contributed by atoms with E-state index in [1.165, 1.54) is 7.11 Å². The van der Waals surface area contributed by atoms with Crippen molar-refractivity contribution in [1.82, 2.24) is 0 Å². The largest absolute Gasteiger partial charge is 0.474 e. The summed E-state index contributed by atoms with van der Waals surface area (Å²) in [4.78, 5) is 16.6. The SMILES string of the molecule is COC(=O)C1(CC(C)C)COC(c2ccccc2)=N1. The molecule has 1 aromatic rings. The quantitative estimate of drug-likeness (QED) is 0.782. The summed E-state index contributed by atoms with van der Waals surface area (Å²) in [6, 6.07) is 9.60. The minimum atomic E-state index is -0.895. The molecule has 4 nitrogen and oxygen atoms in total. The minimum absolute atomic E-state index is 0.252. The van der Waals surface area contributed by atoms with Crippen molar-refractivity contribution in [2.24, 2.45) is 10.9 Å². The maximum absolute atomic E-state index is 12.0. The number of rotatable bonds is 4. The molecule has 4 heteroatoms. The highest BCUT2D eigenvalue weighted by Crippen LogP contribution is 2.29. The van der Waals surface area contributed by atoms with E-state index in [0.717, 1.165) is 5.56 Å². The summed E-state index contributed by atoms with van der Waals surface area (Å²) in [5.41, 5.74) is -0.00861. The van der Waals surface area contributed by atoms with Gasteiger partial charge in [0.1, 0.15) is 6.61 Å². The molecule has 102 valence electrons. The highest BCUT2D eigenvalue weighted by atomic mass is 16.5. The molecule has 0 aliphatic carbocycles. The molecule has 0 saturated carbocycles. The molecule has 2 rings (SSSR count). The third-order valence-electron chi connectivity index (χ3n) is 3.10. The second kappa shape index (κ2) is 5.43. The van der Waals surface area contributed by atoms with Crippen molar-refractivity contribution in [2.75, 3.05) is 13.7 Å². The van der Waals surface area contributed by atoms with Crippen LogP contribution in [0.25, 0.3) is 0 Å². The predicted molar refractivity (Wildman–Crippen MR) is 73.1 cm³/mol. The molecule has 0 saturated heterocycles. The van der Waals surface area contributed by atoms with Gasteiger partial charge in [-0.25, -0.2) is 9.79 Å². The lowest BCUT2D eigenvalue weighted by Crippen LogP contribution is -2.40. The van der Waals surface area contributed by atoms with E-state index in [1.807, 2.05) is 30.3 Å². The van der Waals surface area contributed by atoms with E-state index in [4.69, 9.17) is 9.47 Å². The van der Waals surface area contributed by atoms with Gasteiger partial charge in [-0.2, -0.15) is 0 Å². The maximum Gasteiger partial charge on any atom is 0.337 e.